The van der Waals surface area contributed by atoms with Crippen LogP contribution < -0.4 is 5.32 Å². The Bertz CT molecular complexity index is 327. The van der Waals surface area contributed by atoms with Crippen molar-refractivity contribution in [3.05, 3.63) is 0 Å². The molecule has 108 valence electrons. The summed E-state index contributed by atoms with van der Waals surface area (Å²) in [7, 11) is 0. The van der Waals surface area contributed by atoms with Crippen LogP contribution in [0.5, 0.6) is 0 Å². The van der Waals surface area contributed by atoms with Crippen LogP contribution in [0.25, 0.3) is 0 Å². The van der Waals surface area contributed by atoms with E-state index in [2.05, 4.69) is 10.2 Å². The van der Waals surface area contributed by atoms with E-state index in [1.165, 1.54) is 12.8 Å². The Hall–Kier alpha value is -1.10. The summed E-state index contributed by atoms with van der Waals surface area (Å²) < 4.78 is 0. The molecule has 0 bridgehead atoms. The largest absolute Gasteiger partial charge is 0.481 e. The molecule has 1 unspecified atom stereocenters. The number of amides is 1. The minimum atomic E-state index is -0.725. The van der Waals surface area contributed by atoms with Crippen molar-refractivity contribution in [1.82, 2.24) is 10.2 Å². The van der Waals surface area contributed by atoms with E-state index >= 15 is 0 Å². The van der Waals surface area contributed by atoms with Gasteiger partial charge in [0.2, 0.25) is 5.91 Å². The summed E-state index contributed by atoms with van der Waals surface area (Å²) in [6.07, 6.45) is 6.69. The first-order valence-electron chi connectivity index (χ1n) is 7.37. The quantitative estimate of drug-likeness (QED) is 0.760. The van der Waals surface area contributed by atoms with Gasteiger partial charge in [-0.05, 0) is 38.1 Å². The predicted molar refractivity (Wildman–Crippen MR) is 71.8 cm³/mol. The number of aliphatic carboxylic acids is 1. The molecule has 0 spiro atoms. The number of likely N-dealkylation sites (tertiary alicyclic amines) is 1. The molecule has 2 aliphatic rings. The smallest absolute Gasteiger partial charge is 0.303 e. The highest BCUT2D eigenvalue weighted by atomic mass is 16.4. The van der Waals surface area contributed by atoms with Gasteiger partial charge in [0, 0.05) is 19.0 Å². The Labute approximate surface area is 114 Å². The number of carbonyl (C=O) groups is 2. The number of hydrogen-bond acceptors (Lipinski definition) is 3. The molecule has 2 N–H and O–H groups in total. The van der Waals surface area contributed by atoms with Crippen LogP contribution in [0.15, 0.2) is 0 Å². The molecule has 1 amide bonds. The number of rotatable bonds is 6. The maximum absolute atomic E-state index is 11.9. The molecule has 2 rings (SSSR count). The maximum Gasteiger partial charge on any atom is 0.303 e. The number of nitrogens with zero attached hydrogens (tertiary/aromatic N) is 1. The molecule has 1 aliphatic heterocycles. The first-order valence-corrected chi connectivity index (χ1v) is 7.37. The standard InChI is InChI=1S/C14H24N2O3/c17-13(15-12-3-1-2-4-12)10-16-8-7-11(9-16)5-6-14(18)19/h11-12H,1-10H2,(H,15,17)(H,18,19). The number of hydrogen-bond donors (Lipinski definition) is 2. The van der Waals surface area contributed by atoms with E-state index in [1.54, 1.807) is 0 Å². The van der Waals surface area contributed by atoms with Gasteiger partial charge in [-0.3, -0.25) is 14.5 Å². The lowest BCUT2D eigenvalue weighted by Gasteiger charge is -2.18. The van der Waals surface area contributed by atoms with E-state index in [9.17, 15) is 9.59 Å². The van der Waals surface area contributed by atoms with Gasteiger partial charge in [-0.15, -0.1) is 0 Å². The second-order valence-electron chi connectivity index (χ2n) is 5.87. The molecule has 0 aromatic carbocycles. The van der Waals surface area contributed by atoms with E-state index in [-0.39, 0.29) is 12.3 Å². The van der Waals surface area contributed by atoms with Crippen molar-refractivity contribution >= 4 is 11.9 Å². The van der Waals surface area contributed by atoms with E-state index < -0.39 is 5.97 Å². The second kappa shape index (κ2) is 6.89. The molecular formula is C14H24N2O3. The van der Waals surface area contributed by atoms with Crippen LogP contribution in [0.1, 0.15) is 44.9 Å². The molecule has 1 aliphatic carbocycles. The molecule has 5 heteroatoms. The SMILES string of the molecule is O=C(O)CCC1CCN(CC(=O)NC2CCCC2)C1. The Morgan fingerprint density at radius 2 is 1.95 bits per heavy atom. The highest BCUT2D eigenvalue weighted by molar-refractivity contribution is 5.78. The second-order valence-corrected chi connectivity index (χ2v) is 5.87. The fourth-order valence-corrected chi connectivity index (χ4v) is 3.17. The summed E-state index contributed by atoms with van der Waals surface area (Å²) in [6.45, 7) is 2.26. The molecule has 0 radical (unpaired) electrons. The molecule has 1 atom stereocenters. The molecule has 0 aromatic rings. The number of carbonyl (C=O) groups excluding carboxylic acids is 1. The number of carboxylic acids is 1. The lowest BCUT2D eigenvalue weighted by molar-refractivity contribution is -0.137. The van der Waals surface area contributed by atoms with E-state index in [4.69, 9.17) is 5.11 Å². The van der Waals surface area contributed by atoms with Gasteiger partial charge in [0.05, 0.1) is 6.54 Å². The fraction of sp³-hybridized carbons (Fsp3) is 0.857. The summed E-state index contributed by atoms with van der Waals surface area (Å²) in [5.74, 6) is -0.154. The van der Waals surface area contributed by atoms with Crippen LogP contribution >= 0.6 is 0 Å². The molecule has 1 saturated heterocycles. The highest BCUT2D eigenvalue weighted by Crippen LogP contribution is 2.21. The maximum atomic E-state index is 11.9. The van der Waals surface area contributed by atoms with Gasteiger partial charge in [-0.1, -0.05) is 12.8 Å². The van der Waals surface area contributed by atoms with Gasteiger partial charge in [0.15, 0.2) is 0 Å². The average molecular weight is 268 g/mol. The van der Waals surface area contributed by atoms with Crippen molar-refractivity contribution in [1.29, 1.82) is 0 Å². The minimum absolute atomic E-state index is 0.130. The molecule has 1 saturated carbocycles. The van der Waals surface area contributed by atoms with Gasteiger partial charge < -0.3 is 10.4 Å². The molecule has 19 heavy (non-hydrogen) atoms. The van der Waals surface area contributed by atoms with Gasteiger partial charge >= 0.3 is 5.97 Å². The molecule has 5 nitrogen and oxygen atoms in total. The van der Waals surface area contributed by atoms with E-state index in [0.29, 0.717) is 18.5 Å². The fourth-order valence-electron chi connectivity index (χ4n) is 3.17. The summed E-state index contributed by atoms with van der Waals surface area (Å²) >= 11 is 0. The normalized spacial score (nSPS) is 24.7. The average Bonchev–Trinajstić information content (AvgIpc) is 2.98. The van der Waals surface area contributed by atoms with Crippen LogP contribution in [-0.2, 0) is 9.59 Å². The van der Waals surface area contributed by atoms with Crippen molar-refractivity contribution in [2.75, 3.05) is 19.6 Å². The van der Waals surface area contributed by atoms with Crippen molar-refractivity contribution in [2.45, 2.75) is 51.0 Å². The third-order valence-electron chi connectivity index (χ3n) is 4.22. The van der Waals surface area contributed by atoms with Gasteiger partial charge in [0.25, 0.3) is 0 Å². The van der Waals surface area contributed by atoms with E-state index in [1.807, 2.05) is 0 Å². The Morgan fingerprint density at radius 3 is 2.63 bits per heavy atom. The third kappa shape index (κ3) is 4.82. The lowest BCUT2D eigenvalue weighted by atomic mass is 10.0. The summed E-state index contributed by atoms with van der Waals surface area (Å²) in [5.41, 5.74) is 0. The summed E-state index contributed by atoms with van der Waals surface area (Å²) in [4.78, 5) is 24.6. The topological polar surface area (TPSA) is 69.6 Å². The van der Waals surface area contributed by atoms with Gasteiger partial charge in [0.1, 0.15) is 0 Å². The molecule has 2 fully saturated rings. The van der Waals surface area contributed by atoms with Crippen molar-refractivity contribution in [3.8, 4) is 0 Å². The van der Waals surface area contributed by atoms with Crippen molar-refractivity contribution in [2.24, 2.45) is 5.92 Å². The highest BCUT2D eigenvalue weighted by Gasteiger charge is 2.25. The van der Waals surface area contributed by atoms with Crippen LogP contribution in [0.4, 0.5) is 0 Å². The van der Waals surface area contributed by atoms with Crippen LogP contribution in [-0.4, -0.2) is 47.6 Å². The predicted octanol–water partition coefficient (Wildman–Crippen LogP) is 1.23. The Balaban J connectivity index is 1.63. The zero-order valence-electron chi connectivity index (χ0n) is 11.4. The Morgan fingerprint density at radius 1 is 1.21 bits per heavy atom. The zero-order chi connectivity index (χ0) is 13.7. The summed E-state index contributed by atoms with van der Waals surface area (Å²) in [6, 6.07) is 0.387. The van der Waals surface area contributed by atoms with Crippen molar-refractivity contribution in [3.63, 3.8) is 0 Å². The first-order chi connectivity index (χ1) is 9.13. The zero-order valence-corrected chi connectivity index (χ0v) is 11.4. The van der Waals surface area contributed by atoms with Gasteiger partial charge in [-0.25, -0.2) is 0 Å². The molecule has 1 heterocycles. The van der Waals surface area contributed by atoms with Crippen molar-refractivity contribution < 1.29 is 14.7 Å². The third-order valence-corrected chi connectivity index (χ3v) is 4.22. The van der Waals surface area contributed by atoms with Crippen LogP contribution in [0.3, 0.4) is 0 Å². The molecule has 0 aromatic heterocycles. The van der Waals surface area contributed by atoms with E-state index in [0.717, 1.165) is 38.8 Å². The number of nitrogens with one attached hydrogen (secondary N) is 1. The van der Waals surface area contributed by atoms with Crippen LogP contribution in [0.2, 0.25) is 0 Å². The molecular weight excluding hydrogens is 244 g/mol. The Kier molecular flexibility index (Phi) is 5.19. The minimum Gasteiger partial charge on any atom is -0.481 e. The lowest BCUT2D eigenvalue weighted by Crippen LogP contribution is -2.40. The first kappa shape index (κ1) is 14.3. The van der Waals surface area contributed by atoms with Gasteiger partial charge in [-0.2, -0.15) is 0 Å². The monoisotopic (exact) mass is 268 g/mol. The van der Waals surface area contributed by atoms with Crippen LogP contribution in [0, 0.1) is 5.92 Å². The summed E-state index contributed by atoms with van der Waals surface area (Å²) in [5, 5.41) is 11.8. The number of carboxylic acid groups (broad SMARTS) is 1.